The first-order valence-electron chi connectivity index (χ1n) is 3.80. The van der Waals surface area contributed by atoms with E-state index in [2.05, 4.69) is 20.8 Å². The van der Waals surface area contributed by atoms with Crippen LogP contribution in [0.15, 0.2) is 0 Å². The molecule has 60 valence electrons. The molecule has 0 aromatic heterocycles. The zero-order valence-electron chi connectivity index (χ0n) is 6.92. The molecule has 2 unspecified atom stereocenters. The lowest BCUT2D eigenvalue weighted by atomic mass is 9.80. The van der Waals surface area contributed by atoms with Crippen molar-refractivity contribution in [3.05, 3.63) is 0 Å². The number of ether oxygens (including phenoxy) is 1. The van der Waals surface area contributed by atoms with Crippen LogP contribution in [0, 0.1) is 11.3 Å². The van der Waals surface area contributed by atoms with Gasteiger partial charge in [0.1, 0.15) is 0 Å². The van der Waals surface area contributed by atoms with Crippen molar-refractivity contribution in [2.24, 2.45) is 11.3 Å². The third-order valence-corrected chi connectivity index (χ3v) is 2.20. The van der Waals surface area contributed by atoms with Gasteiger partial charge < -0.3 is 9.84 Å². The van der Waals surface area contributed by atoms with E-state index in [4.69, 9.17) is 9.84 Å². The third-order valence-electron chi connectivity index (χ3n) is 2.20. The minimum Gasteiger partial charge on any atom is -0.368 e. The van der Waals surface area contributed by atoms with Crippen LogP contribution in [0.4, 0.5) is 0 Å². The van der Waals surface area contributed by atoms with Gasteiger partial charge >= 0.3 is 0 Å². The maximum Gasteiger partial charge on any atom is 0.154 e. The van der Waals surface area contributed by atoms with Crippen molar-refractivity contribution in [2.45, 2.75) is 33.5 Å². The highest BCUT2D eigenvalue weighted by Crippen LogP contribution is 2.34. The molecular formula is C8H16O2. The SMILES string of the molecule is CC(C)(C)C1COC(O)C1. The van der Waals surface area contributed by atoms with E-state index in [0.29, 0.717) is 12.5 Å². The monoisotopic (exact) mass is 144 g/mol. The molecule has 10 heavy (non-hydrogen) atoms. The van der Waals surface area contributed by atoms with E-state index in [1.54, 1.807) is 0 Å². The number of aliphatic hydroxyl groups is 1. The summed E-state index contributed by atoms with van der Waals surface area (Å²) in [6, 6.07) is 0. The van der Waals surface area contributed by atoms with Crippen LogP contribution in [0.2, 0.25) is 0 Å². The standard InChI is InChI=1S/C8H16O2/c1-8(2,3)6-4-7(9)10-5-6/h6-7,9H,4-5H2,1-3H3. The average Bonchev–Trinajstić information content (AvgIpc) is 2.11. The Morgan fingerprint density at radius 2 is 2.00 bits per heavy atom. The highest BCUT2D eigenvalue weighted by atomic mass is 16.6. The Hall–Kier alpha value is -0.0800. The lowest BCUT2D eigenvalue weighted by molar-refractivity contribution is -0.0593. The molecule has 0 aromatic carbocycles. The van der Waals surface area contributed by atoms with Crippen LogP contribution in [-0.2, 0) is 4.74 Å². The Morgan fingerprint density at radius 3 is 2.20 bits per heavy atom. The molecule has 1 N–H and O–H groups in total. The van der Waals surface area contributed by atoms with Crippen LogP contribution in [0.5, 0.6) is 0 Å². The summed E-state index contributed by atoms with van der Waals surface area (Å²) in [6.45, 7) is 7.25. The largest absolute Gasteiger partial charge is 0.368 e. The molecule has 1 rings (SSSR count). The topological polar surface area (TPSA) is 29.5 Å². The Morgan fingerprint density at radius 1 is 1.40 bits per heavy atom. The fourth-order valence-corrected chi connectivity index (χ4v) is 1.21. The molecule has 1 aliphatic heterocycles. The normalized spacial score (nSPS) is 34.8. The van der Waals surface area contributed by atoms with Crippen LogP contribution in [0.25, 0.3) is 0 Å². The molecule has 2 heteroatoms. The first-order chi connectivity index (χ1) is 4.50. The number of rotatable bonds is 0. The molecule has 0 aromatic rings. The van der Waals surface area contributed by atoms with E-state index in [0.717, 1.165) is 6.42 Å². The average molecular weight is 144 g/mol. The van der Waals surface area contributed by atoms with Crippen molar-refractivity contribution >= 4 is 0 Å². The Labute approximate surface area is 62.2 Å². The third kappa shape index (κ3) is 1.70. The second-order valence-electron chi connectivity index (χ2n) is 4.09. The maximum atomic E-state index is 9.04. The van der Waals surface area contributed by atoms with Crippen LogP contribution in [-0.4, -0.2) is 18.0 Å². The van der Waals surface area contributed by atoms with Gasteiger partial charge in [-0.25, -0.2) is 0 Å². The second-order valence-corrected chi connectivity index (χ2v) is 4.09. The quantitative estimate of drug-likeness (QED) is 0.556. The predicted molar refractivity (Wildman–Crippen MR) is 39.5 cm³/mol. The summed E-state index contributed by atoms with van der Waals surface area (Å²) >= 11 is 0. The van der Waals surface area contributed by atoms with E-state index >= 15 is 0 Å². The Balaban J connectivity index is 2.45. The molecule has 1 fully saturated rings. The van der Waals surface area contributed by atoms with Gasteiger partial charge in [-0.3, -0.25) is 0 Å². The van der Waals surface area contributed by atoms with Gasteiger partial charge in [-0.1, -0.05) is 20.8 Å². The van der Waals surface area contributed by atoms with E-state index in [9.17, 15) is 0 Å². The number of hydrogen-bond acceptors (Lipinski definition) is 2. The summed E-state index contributed by atoms with van der Waals surface area (Å²) in [6.07, 6.45) is 0.285. The first kappa shape index (κ1) is 8.02. The fraction of sp³-hybridized carbons (Fsp3) is 1.00. The zero-order valence-corrected chi connectivity index (χ0v) is 6.92. The van der Waals surface area contributed by atoms with E-state index in [-0.39, 0.29) is 5.41 Å². The highest BCUT2D eigenvalue weighted by Gasteiger charge is 2.32. The van der Waals surface area contributed by atoms with Crippen molar-refractivity contribution in [2.75, 3.05) is 6.61 Å². The smallest absolute Gasteiger partial charge is 0.154 e. The summed E-state index contributed by atoms with van der Waals surface area (Å²) < 4.78 is 5.05. The van der Waals surface area contributed by atoms with Gasteiger partial charge in [0.2, 0.25) is 0 Å². The van der Waals surface area contributed by atoms with Crippen molar-refractivity contribution in [3.8, 4) is 0 Å². The molecule has 1 aliphatic rings. The van der Waals surface area contributed by atoms with Gasteiger partial charge in [-0.15, -0.1) is 0 Å². The number of aliphatic hydroxyl groups excluding tert-OH is 1. The molecule has 0 spiro atoms. The van der Waals surface area contributed by atoms with Gasteiger partial charge in [-0.05, 0) is 11.3 Å². The fourth-order valence-electron chi connectivity index (χ4n) is 1.21. The van der Waals surface area contributed by atoms with Crippen molar-refractivity contribution in [1.82, 2.24) is 0 Å². The molecule has 0 aliphatic carbocycles. The Kier molecular flexibility index (Phi) is 2.02. The summed E-state index contributed by atoms with van der Waals surface area (Å²) in [5.74, 6) is 0.516. The molecule has 2 atom stereocenters. The van der Waals surface area contributed by atoms with Gasteiger partial charge in [0.15, 0.2) is 6.29 Å². The van der Waals surface area contributed by atoms with E-state index in [1.165, 1.54) is 0 Å². The van der Waals surface area contributed by atoms with E-state index < -0.39 is 6.29 Å². The van der Waals surface area contributed by atoms with Crippen molar-refractivity contribution in [1.29, 1.82) is 0 Å². The van der Waals surface area contributed by atoms with Crippen LogP contribution in [0.1, 0.15) is 27.2 Å². The summed E-state index contributed by atoms with van der Waals surface area (Å²) in [5.41, 5.74) is 0.275. The molecule has 1 heterocycles. The van der Waals surface area contributed by atoms with Crippen molar-refractivity contribution < 1.29 is 9.84 Å². The summed E-state index contributed by atoms with van der Waals surface area (Å²) in [7, 11) is 0. The molecule has 0 bridgehead atoms. The first-order valence-corrected chi connectivity index (χ1v) is 3.80. The molecular weight excluding hydrogens is 128 g/mol. The predicted octanol–water partition coefficient (Wildman–Crippen LogP) is 1.39. The summed E-state index contributed by atoms with van der Waals surface area (Å²) in [4.78, 5) is 0. The second kappa shape index (κ2) is 2.51. The minimum atomic E-state index is -0.510. The van der Waals surface area contributed by atoms with Crippen LogP contribution >= 0.6 is 0 Å². The molecule has 2 nitrogen and oxygen atoms in total. The van der Waals surface area contributed by atoms with Gasteiger partial charge in [0, 0.05) is 6.42 Å². The van der Waals surface area contributed by atoms with Gasteiger partial charge in [-0.2, -0.15) is 0 Å². The van der Waals surface area contributed by atoms with Crippen LogP contribution < -0.4 is 0 Å². The number of hydrogen-bond donors (Lipinski definition) is 1. The van der Waals surface area contributed by atoms with Crippen LogP contribution in [0.3, 0.4) is 0 Å². The molecule has 0 amide bonds. The zero-order chi connectivity index (χ0) is 7.78. The molecule has 0 saturated carbocycles. The lowest BCUT2D eigenvalue weighted by Gasteiger charge is -2.24. The molecule has 1 saturated heterocycles. The van der Waals surface area contributed by atoms with Gasteiger partial charge in [0.05, 0.1) is 6.61 Å². The Bertz CT molecular complexity index is 115. The highest BCUT2D eigenvalue weighted by molar-refractivity contribution is 4.78. The van der Waals surface area contributed by atoms with Crippen molar-refractivity contribution in [3.63, 3.8) is 0 Å². The maximum absolute atomic E-state index is 9.04. The molecule has 0 radical (unpaired) electrons. The lowest BCUT2D eigenvalue weighted by Crippen LogP contribution is -2.20. The van der Waals surface area contributed by atoms with Gasteiger partial charge in [0.25, 0.3) is 0 Å². The van der Waals surface area contributed by atoms with E-state index in [1.807, 2.05) is 0 Å². The summed E-state index contributed by atoms with van der Waals surface area (Å²) in [5, 5.41) is 9.04. The minimum absolute atomic E-state index is 0.275.